The average Bonchev–Trinajstić information content (AvgIpc) is 2.76. The van der Waals surface area contributed by atoms with Crippen molar-refractivity contribution in [3.8, 4) is 11.5 Å². The van der Waals surface area contributed by atoms with E-state index in [0.29, 0.717) is 24.5 Å². The summed E-state index contributed by atoms with van der Waals surface area (Å²) in [4.78, 5) is 24.1. The van der Waals surface area contributed by atoms with Gasteiger partial charge in [0.05, 0.1) is 6.61 Å². The van der Waals surface area contributed by atoms with Crippen molar-refractivity contribution in [2.24, 2.45) is 0 Å². The Bertz CT molecular complexity index is 909. The fourth-order valence-corrected chi connectivity index (χ4v) is 2.39. The van der Waals surface area contributed by atoms with E-state index >= 15 is 0 Å². The fraction of sp³-hybridized carbons (Fsp3) is 0.136. The number of rotatable bonds is 8. The molecule has 0 aliphatic rings. The third-order valence-corrected chi connectivity index (χ3v) is 3.83. The Morgan fingerprint density at radius 2 is 1.63 bits per heavy atom. The van der Waals surface area contributed by atoms with E-state index < -0.39 is 11.8 Å². The summed E-state index contributed by atoms with van der Waals surface area (Å²) in [6, 6.07) is 13.9. The SMILES string of the molecule is C=CCOc1ccc(C(=O)NNC(=S)NC(=O)/C=C/c2ccc(OCC)cc2)cc1. The first-order valence-corrected chi connectivity index (χ1v) is 9.58. The van der Waals surface area contributed by atoms with E-state index in [1.807, 2.05) is 31.2 Å². The second-order valence-electron chi connectivity index (χ2n) is 5.86. The van der Waals surface area contributed by atoms with Gasteiger partial charge in [-0.2, -0.15) is 0 Å². The van der Waals surface area contributed by atoms with Crippen molar-refractivity contribution in [2.45, 2.75) is 6.92 Å². The fourth-order valence-electron chi connectivity index (χ4n) is 2.24. The number of amides is 2. The van der Waals surface area contributed by atoms with Gasteiger partial charge in [-0.15, -0.1) is 0 Å². The van der Waals surface area contributed by atoms with Crippen LogP contribution in [0.25, 0.3) is 6.08 Å². The Kier molecular flexibility index (Phi) is 9.08. The van der Waals surface area contributed by atoms with E-state index in [2.05, 4.69) is 22.7 Å². The van der Waals surface area contributed by atoms with E-state index in [1.165, 1.54) is 6.08 Å². The second kappa shape index (κ2) is 12.0. The molecule has 7 nitrogen and oxygen atoms in total. The zero-order valence-electron chi connectivity index (χ0n) is 16.5. The highest BCUT2D eigenvalue weighted by molar-refractivity contribution is 7.80. The molecular weight excluding hydrogens is 402 g/mol. The molecule has 0 atom stereocenters. The normalized spacial score (nSPS) is 10.2. The summed E-state index contributed by atoms with van der Waals surface area (Å²) in [5.74, 6) is 0.548. The van der Waals surface area contributed by atoms with Crippen LogP contribution in [-0.4, -0.2) is 30.1 Å². The van der Waals surface area contributed by atoms with Crippen molar-refractivity contribution >= 4 is 35.2 Å². The number of hydrogen-bond donors (Lipinski definition) is 3. The van der Waals surface area contributed by atoms with Gasteiger partial charge in [-0.3, -0.25) is 25.8 Å². The summed E-state index contributed by atoms with van der Waals surface area (Å²) in [6.45, 7) is 6.46. The van der Waals surface area contributed by atoms with E-state index in [1.54, 1.807) is 36.4 Å². The molecule has 0 aromatic heterocycles. The molecule has 0 heterocycles. The number of nitrogens with one attached hydrogen (secondary N) is 3. The van der Waals surface area contributed by atoms with E-state index in [9.17, 15) is 9.59 Å². The summed E-state index contributed by atoms with van der Waals surface area (Å²) >= 11 is 5.01. The maximum absolute atomic E-state index is 12.1. The quantitative estimate of drug-likeness (QED) is 0.261. The van der Waals surface area contributed by atoms with Crippen molar-refractivity contribution in [1.29, 1.82) is 0 Å². The number of hydrogen-bond acceptors (Lipinski definition) is 5. The molecule has 0 radical (unpaired) electrons. The first-order chi connectivity index (χ1) is 14.5. The van der Waals surface area contributed by atoms with Gasteiger partial charge in [0.25, 0.3) is 5.91 Å². The maximum atomic E-state index is 12.1. The molecule has 0 bridgehead atoms. The standard InChI is InChI=1S/C22H23N3O4S/c1-3-15-29-19-12-8-17(9-13-19)21(27)24-25-22(30)23-20(26)14-7-16-5-10-18(11-6-16)28-4-2/h3,5-14H,1,4,15H2,2H3,(H,24,27)(H2,23,25,26,30)/b14-7+. The monoisotopic (exact) mass is 425 g/mol. The number of ether oxygens (including phenoxy) is 2. The largest absolute Gasteiger partial charge is 0.494 e. The van der Waals surface area contributed by atoms with Crippen LogP contribution in [0, 0.1) is 0 Å². The lowest BCUT2D eigenvalue weighted by Crippen LogP contribution is -2.48. The summed E-state index contributed by atoms with van der Waals surface area (Å²) < 4.78 is 10.7. The minimum atomic E-state index is -0.431. The Morgan fingerprint density at radius 3 is 2.27 bits per heavy atom. The minimum absolute atomic E-state index is 0.0318. The second-order valence-corrected chi connectivity index (χ2v) is 6.27. The van der Waals surface area contributed by atoms with Crippen LogP contribution in [0.1, 0.15) is 22.8 Å². The summed E-state index contributed by atoms with van der Waals surface area (Å²) in [6.07, 6.45) is 4.61. The molecule has 0 saturated heterocycles. The highest BCUT2D eigenvalue weighted by atomic mass is 32.1. The van der Waals surface area contributed by atoms with Crippen LogP contribution in [0.2, 0.25) is 0 Å². The molecule has 2 aromatic rings. The van der Waals surface area contributed by atoms with Gasteiger partial charge < -0.3 is 9.47 Å². The third kappa shape index (κ3) is 7.76. The molecule has 156 valence electrons. The van der Waals surface area contributed by atoms with Crippen LogP contribution >= 0.6 is 12.2 Å². The number of benzene rings is 2. The number of carbonyl (C=O) groups is 2. The summed E-state index contributed by atoms with van der Waals surface area (Å²) in [7, 11) is 0. The molecule has 0 aliphatic heterocycles. The first-order valence-electron chi connectivity index (χ1n) is 9.17. The number of thiocarbonyl (C=S) groups is 1. The molecule has 30 heavy (non-hydrogen) atoms. The van der Waals surface area contributed by atoms with Gasteiger partial charge >= 0.3 is 0 Å². The minimum Gasteiger partial charge on any atom is -0.494 e. The molecule has 0 saturated carbocycles. The Labute approximate surface area is 180 Å². The van der Waals surface area contributed by atoms with Gasteiger partial charge in [-0.25, -0.2) is 0 Å². The zero-order valence-corrected chi connectivity index (χ0v) is 17.3. The smallest absolute Gasteiger partial charge is 0.269 e. The van der Waals surface area contributed by atoms with Crippen molar-refractivity contribution in [2.75, 3.05) is 13.2 Å². The van der Waals surface area contributed by atoms with E-state index in [0.717, 1.165) is 11.3 Å². The van der Waals surface area contributed by atoms with Crippen LogP contribution in [-0.2, 0) is 4.79 Å². The van der Waals surface area contributed by atoms with Gasteiger partial charge in [0.1, 0.15) is 18.1 Å². The van der Waals surface area contributed by atoms with Gasteiger partial charge in [0, 0.05) is 11.6 Å². The predicted octanol–water partition coefficient (Wildman–Crippen LogP) is 3.00. The summed E-state index contributed by atoms with van der Waals surface area (Å²) in [5, 5.41) is 2.41. The molecule has 0 unspecified atom stereocenters. The van der Waals surface area contributed by atoms with Crippen LogP contribution in [0.15, 0.2) is 67.3 Å². The van der Waals surface area contributed by atoms with Gasteiger partial charge in [-0.05, 0) is 67.2 Å². The Balaban J connectivity index is 1.77. The molecule has 0 fully saturated rings. The van der Waals surface area contributed by atoms with E-state index in [-0.39, 0.29) is 5.11 Å². The van der Waals surface area contributed by atoms with Crippen molar-refractivity contribution < 1.29 is 19.1 Å². The van der Waals surface area contributed by atoms with Crippen molar-refractivity contribution in [1.82, 2.24) is 16.2 Å². The highest BCUT2D eigenvalue weighted by Crippen LogP contribution is 2.13. The number of hydrazine groups is 1. The topological polar surface area (TPSA) is 88.7 Å². The van der Waals surface area contributed by atoms with Gasteiger partial charge in [0.15, 0.2) is 5.11 Å². The molecular formula is C22H23N3O4S. The first kappa shape index (κ1) is 22.6. The average molecular weight is 426 g/mol. The third-order valence-electron chi connectivity index (χ3n) is 3.63. The zero-order chi connectivity index (χ0) is 21.8. The molecule has 8 heteroatoms. The molecule has 2 aromatic carbocycles. The number of carbonyl (C=O) groups excluding carboxylic acids is 2. The predicted molar refractivity (Wildman–Crippen MR) is 120 cm³/mol. The van der Waals surface area contributed by atoms with Crippen molar-refractivity contribution in [3.05, 3.63) is 78.4 Å². The van der Waals surface area contributed by atoms with Crippen LogP contribution in [0.3, 0.4) is 0 Å². The lowest BCUT2D eigenvalue weighted by molar-refractivity contribution is -0.115. The van der Waals surface area contributed by atoms with Crippen LogP contribution in [0.5, 0.6) is 11.5 Å². The molecule has 3 N–H and O–H groups in total. The van der Waals surface area contributed by atoms with Crippen LogP contribution < -0.4 is 25.6 Å². The lowest BCUT2D eigenvalue weighted by atomic mass is 10.2. The Morgan fingerprint density at radius 1 is 1.00 bits per heavy atom. The van der Waals surface area contributed by atoms with E-state index in [4.69, 9.17) is 21.7 Å². The van der Waals surface area contributed by atoms with Gasteiger partial charge in [-0.1, -0.05) is 24.8 Å². The maximum Gasteiger partial charge on any atom is 0.269 e. The molecule has 2 rings (SSSR count). The summed E-state index contributed by atoms with van der Waals surface area (Å²) in [5.41, 5.74) is 6.14. The highest BCUT2D eigenvalue weighted by Gasteiger charge is 2.07. The molecule has 2 amide bonds. The lowest BCUT2D eigenvalue weighted by Gasteiger charge is -2.10. The van der Waals surface area contributed by atoms with Crippen molar-refractivity contribution in [3.63, 3.8) is 0 Å². The Hall–Kier alpha value is -3.65. The van der Waals surface area contributed by atoms with Crippen LogP contribution in [0.4, 0.5) is 0 Å². The van der Waals surface area contributed by atoms with Gasteiger partial charge in [0.2, 0.25) is 5.91 Å². The molecule has 0 spiro atoms. The molecule has 0 aliphatic carbocycles.